The molecule has 2 aliphatic rings. The van der Waals surface area contributed by atoms with Gasteiger partial charge >= 0.3 is 0 Å². The summed E-state index contributed by atoms with van der Waals surface area (Å²) in [6, 6.07) is 15.0. The van der Waals surface area contributed by atoms with Gasteiger partial charge < -0.3 is 16.0 Å². The predicted molar refractivity (Wildman–Crippen MR) is 109 cm³/mol. The van der Waals surface area contributed by atoms with Crippen LogP contribution in [0.15, 0.2) is 53.5 Å². The maximum Gasteiger partial charge on any atom is 0.225 e. The van der Waals surface area contributed by atoms with E-state index in [0.29, 0.717) is 13.0 Å². The number of hydrogen-bond acceptors (Lipinski definition) is 2. The van der Waals surface area contributed by atoms with Crippen molar-refractivity contribution in [1.29, 1.82) is 0 Å². The second-order valence-electron chi connectivity index (χ2n) is 7.37. The summed E-state index contributed by atoms with van der Waals surface area (Å²) in [7, 11) is 0. The second kappa shape index (κ2) is 8.00. The minimum Gasteiger partial charge on any atom is -0.357 e. The van der Waals surface area contributed by atoms with Crippen LogP contribution in [0.4, 0.5) is 10.1 Å². The molecular weight excluding hydrogens is 355 g/mol. The molecule has 1 aliphatic heterocycles. The van der Waals surface area contributed by atoms with Crippen LogP contribution in [0, 0.1) is 5.82 Å². The maximum absolute atomic E-state index is 14.0. The zero-order valence-corrected chi connectivity index (χ0v) is 15.9. The highest BCUT2D eigenvalue weighted by molar-refractivity contribution is 5.94. The Morgan fingerprint density at radius 1 is 1.18 bits per heavy atom. The quantitative estimate of drug-likeness (QED) is 0.550. The van der Waals surface area contributed by atoms with E-state index in [9.17, 15) is 9.18 Å². The number of fused-ring (bicyclic) bond motifs is 1. The zero-order valence-electron chi connectivity index (χ0n) is 15.9. The van der Waals surface area contributed by atoms with E-state index in [1.165, 1.54) is 6.07 Å². The molecule has 28 heavy (non-hydrogen) atoms. The number of nitrogens with one attached hydrogen (secondary N) is 3. The van der Waals surface area contributed by atoms with E-state index in [-0.39, 0.29) is 29.6 Å². The number of carbonyl (C=O) groups excluding carboxylic acids is 1. The summed E-state index contributed by atoms with van der Waals surface area (Å²) in [5.41, 5.74) is 2.75. The third-order valence-corrected chi connectivity index (χ3v) is 5.34. The number of rotatable bonds is 5. The Morgan fingerprint density at radius 3 is 2.71 bits per heavy atom. The van der Waals surface area contributed by atoms with Gasteiger partial charge in [0, 0.05) is 36.5 Å². The lowest BCUT2D eigenvalue weighted by Crippen LogP contribution is -2.39. The van der Waals surface area contributed by atoms with Gasteiger partial charge in [-0.3, -0.25) is 9.79 Å². The highest BCUT2D eigenvalue weighted by Gasteiger charge is 2.40. The fourth-order valence-electron chi connectivity index (χ4n) is 3.84. The van der Waals surface area contributed by atoms with Gasteiger partial charge in [0.15, 0.2) is 5.96 Å². The highest BCUT2D eigenvalue weighted by atomic mass is 19.1. The van der Waals surface area contributed by atoms with E-state index in [1.54, 1.807) is 6.07 Å². The number of amides is 1. The molecule has 4 rings (SSSR count). The van der Waals surface area contributed by atoms with Gasteiger partial charge in [0.1, 0.15) is 5.82 Å². The van der Waals surface area contributed by atoms with Crippen molar-refractivity contribution in [3.8, 4) is 0 Å². The molecule has 1 amide bonds. The summed E-state index contributed by atoms with van der Waals surface area (Å²) in [4.78, 5) is 16.7. The molecule has 0 bridgehead atoms. The summed E-state index contributed by atoms with van der Waals surface area (Å²) < 4.78 is 14.0. The van der Waals surface area contributed by atoms with Crippen molar-refractivity contribution in [2.45, 2.75) is 37.6 Å². The van der Waals surface area contributed by atoms with E-state index < -0.39 is 0 Å². The Hall–Kier alpha value is -2.89. The first-order chi connectivity index (χ1) is 13.7. The van der Waals surface area contributed by atoms with Gasteiger partial charge in [-0.1, -0.05) is 36.4 Å². The molecule has 0 aromatic heterocycles. The molecular formula is C22H25FN4O. The van der Waals surface area contributed by atoms with Crippen LogP contribution in [0.3, 0.4) is 0 Å². The molecule has 146 valence electrons. The van der Waals surface area contributed by atoms with Crippen molar-refractivity contribution in [1.82, 2.24) is 10.6 Å². The summed E-state index contributed by atoms with van der Waals surface area (Å²) in [5, 5.41) is 9.59. The fraction of sp³-hybridized carbons (Fsp3) is 0.364. The molecule has 3 unspecified atom stereocenters. The number of benzene rings is 2. The molecule has 6 heteroatoms. The van der Waals surface area contributed by atoms with E-state index in [4.69, 9.17) is 4.99 Å². The van der Waals surface area contributed by atoms with Crippen LogP contribution in [0.25, 0.3) is 0 Å². The van der Waals surface area contributed by atoms with E-state index in [1.807, 2.05) is 43.3 Å². The van der Waals surface area contributed by atoms with E-state index in [2.05, 4.69) is 16.0 Å². The van der Waals surface area contributed by atoms with Crippen LogP contribution in [0.2, 0.25) is 0 Å². The molecule has 1 saturated carbocycles. The number of guanidine groups is 1. The summed E-state index contributed by atoms with van der Waals surface area (Å²) in [6.07, 6.45) is 1.32. The first-order valence-electron chi connectivity index (χ1n) is 9.83. The van der Waals surface area contributed by atoms with Crippen LogP contribution in [0.1, 0.15) is 42.7 Å². The number of anilines is 1. The Bertz CT molecular complexity index is 898. The largest absolute Gasteiger partial charge is 0.357 e. The van der Waals surface area contributed by atoms with Crippen LogP contribution in [-0.2, 0) is 4.79 Å². The van der Waals surface area contributed by atoms with Crippen molar-refractivity contribution in [3.05, 3.63) is 65.5 Å². The number of carbonyl (C=O) groups is 1. The molecule has 5 nitrogen and oxygen atoms in total. The van der Waals surface area contributed by atoms with Crippen molar-refractivity contribution < 1.29 is 9.18 Å². The van der Waals surface area contributed by atoms with Crippen LogP contribution in [-0.4, -0.2) is 31.0 Å². The average molecular weight is 380 g/mol. The summed E-state index contributed by atoms with van der Waals surface area (Å²) >= 11 is 0. The van der Waals surface area contributed by atoms with Crippen LogP contribution in [0.5, 0.6) is 0 Å². The number of nitrogens with zero attached hydrogens (tertiary/aromatic N) is 1. The van der Waals surface area contributed by atoms with Crippen molar-refractivity contribution in [2.24, 2.45) is 4.99 Å². The Kier molecular flexibility index (Phi) is 5.28. The number of aliphatic imine (C=N–C) groups is 1. The van der Waals surface area contributed by atoms with Gasteiger partial charge in [0.2, 0.25) is 5.91 Å². The van der Waals surface area contributed by atoms with Crippen molar-refractivity contribution >= 4 is 17.6 Å². The minimum atomic E-state index is -0.149. The molecule has 0 radical (unpaired) electrons. The van der Waals surface area contributed by atoms with Gasteiger partial charge in [0.25, 0.3) is 0 Å². The number of hydrogen-bond donors (Lipinski definition) is 3. The van der Waals surface area contributed by atoms with E-state index in [0.717, 1.165) is 35.7 Å². The molecule has 2 aromatic rings. The van der Waals surface area contributed by atoms with Gasteiger partial charge in [-0.15, -0.1) is 0 Å². The SMILES string of the molecule is CCNC(=NCC1CC(=O)Nc2ccccc21)NC1CC1c1ccccc1F. The Morgan fingerprint density at radius 2 is 1.93 bits per heavy atom. The molecule has 3 atom stereocenters. The maximum atomic E-state index is 14.0. The van der Waals surface area contributed by atoms with E-state index >= 15 is 0 Å². The fourth-order valence-corrected chi connectivity index (χ4v) is 3.84. The Balaban J connectivity index is 1.44. The number of para-hydroxylation sites is 1. The van der Waals surface area contributed by atoms with Crippen molar-refractivity contribution in [2.75, 3.05) is 18.4 Å². The van der Waals surface area contributed by atoms with Gasteiger partial charge in [-0.25, -0.2) is 4.39 Å². The third-order valence-electron chi connectivity index (χ3n) is 5.34. The molecule has 1 heterocycles. The second-order valence-corrected chi connectivity index (χ2v) is 7.37. The molecule has 1 aliphatic carbocycles. The molecule has 1 fully saturated rings. The highest BCUT2D eigenvalue weighted by Crippen LogP contribution is 2.41. The molecule has 0 spiro atoms. The predicted octanol–water partition coefficient (Wildman–Crippen LogP) is 3.36. The lowest BCUT2D eigenvalue weighted by Gasteiger charge is -2.24. The summed E-state index contributed by atoms with van der Waals surface area (Å²) in [6.45, 7) is 3.28. The normalized spacial score (nSPS) is 23.6. The zero-order chi connectivity index (χ0) is 19.5. The molecule has 2 aromatic carbocycles. The first-order valence-corrected chi connectivity index (χ1v) is 9.83. The monoisotopic (exact) mass is 380 g/mol. The molecule has 0 saturated heterocycles. The third kappa shape index (κ3) is 4.01. The lowest BCUT2D eigenvalue weighted by atomic mass is 9.91. The lowest BCUT2D eigenvalue weighted by molar-refractivity contribution is -0.116. The molecule has 3 N–H and O–H groups in total. The standard InChI is InChI=1S/C22H25FN4O/c1-2-24-22(27-20-12-17(20)16-8-3-5-9-18(16)23)25-13-14-11-21(28)26-19-10-6-4-7-15(14)19/h3-10,14,17,20H,2,11-13H2,1H3,(H,26,28)(H2,24,25,27). The van der Waals surface area contributed by atoms with Crippen molar-refractivity contribution in [3.63, 3.8) is 0 Å². The number of halogens is 1. The summed E-state index contributed by atoms with van der Waals surface area (Å²) in [5.74, 6) is 0.824. The smallest absolute Gasteiger partial charge is 0.225 e. The van der Waals surface area contributed by atoms with Gasteiger partial charge in [-0.05, 0) is 36.6 Å². The Labute approximate surface area is 164 Å². The minimum absolute atomic E-state index is 0.0265. The van der Waals surface area contributed by atoms with Crippen LogP contribution < -0.4 is 16.0 Å². The average Bonchev–Trinajstić information content (AvgIpc) is 3.45. The van der Waals surface area contributed by atoms with Gasteiger partial charge in [0.05, 0.1) is 6.54 Å². The van der Waals surface area contributed by atoms with Gasteiger partial charge in [-0.2, -0.15) is 0 Å². The van der Waals surface area contributed by atoms with Crippen LogP contribution >= 0.6 is 0 Å². The topological polar surface area (TPSA) is 65.5 Å². The first kappa shape index (κ1) is 18.5.